The Morgan fingerprint density at radius 3 is 2.50 bits per heavy atom. The molecule has 3 N–H and O–H groups in total. The van der Waals surface area contributed by atoms with Gasteiger partial charge in [0.05, 0.1) is 0 Å². The van der Waals surface area contributed by atoms with Crippen molar-refractivity contribution in [2.75, 3.05) is 6.54 Å². The summed E-state index contributed by atoms with van der Waals surface area (Å²) < 4.78 is 5.19. The van der Waals surface area contributed by atoms with Crippen molar-refractivity contribution in [2.45, 2.75) is 51.7 Å². The summed E-state index contributed by atoms with van der Waals surface area (Å²) in [6, 6.07) is 0.244. The lowest BCUT2D eigenvalue weighted by molar-refractivity contribution is 0.0504. The molecule has 0 aliphatic heterocycles. The van der Waals surface area contributed by atoms with Crippen LogP contribution in [0, 0.1) is 5.92 Å². The minimum atomic E-state index is -0.421. The SMILES string of the molecule is CC(C)(C)OC(=O)N[C@@H]1CC[C@H](CN)C1.Cl. The van der Waals surface area contributed by atoms with Gasteiger partial charge in [0.15, 0.2) is 0 Å². The molecule has 0 unspecified atom stereocenters. The zero-order valence-corrected chi connectivity index (χ0v) is 11.1. The second-order valence-electron chi connectivity index (χ2n) is 5.26. The summed E-state index contributed by atoms with van der Waals surface area (Å²) in [5, 5.41) is 2.88. The highest BCUT2D eigenvalue weighted by molar-refractivity contribution is 5.85. The number of hydrogen-bond acceptors (Lipinski definition) is 3. The highest BCUT2D eigenvalue weighted by Gasteiger charge is 2.26. The maximum atomic E-state index is 11.4. The molecule has 96 valence electrons. The fourth-order valence-corrected chi connectivity index (χ4v) is 1.89. The van der Waals surface area contributed by atoms with E-state index in [-0.39, 0.29) is 24.5 Å². The lowest BCUT2D eigenvalue weighted by Gasteiger charge is -2.21. The van der Waals surface area contributed by atoms with Gasteiger partial charge in [-0.25, -0.2) is 4.79 Å². The zero-order valence-electron chi connectivity index (χ0n) is 10.3. The van der Waals surface area contributed by atoms with Crippen molar-refractivity contribution in [3.63, 3.8) is 0 Å². The molecule has 2 atom stereocenters. The maximum absolute atomic E-state index is 11.4. The number of carbonyl (C=O) groups is 1. The molecule has 1 amide bonds. The molecule has 16 heavy (non-hydrogen) atoms. The lowest BCUT2D eigenvalue weighted by atomic mass is 10.1. The number of rotatable bonds is 2. The maximum Gasteiger partial charge on any atom is 0.407 e. The first kappa shape index (κ1) is 15.5. The van der Waals surface area contributed by atoms with Gasteiger partial charge in [0.1, 0.15) is 5.60 Å². The van der Waals surface area contributed by atoms with Crippen LogP contribution in [0.4, 0.5) is 4.79 Å². The van der Waals surface area contributed by atoms with Crippen LogP contribution in [0.2, 0.25) is 0 Å². The second kappa shape index (κ2) is 6.30. The number of alkyl carbamates (subject to hydrolysis) is 1. The summed E-state index contributed by atoms with van der Waals surface area (Å²) >= 11 is 0. The van der Waals surface area contributed by atoms with E-state index in [1.165, 1.54) is 0 Å². The van der Waals surface area contributed by atoms with Gasteiger partial charge in [-0.05, 0) is 52.5 Å². The molecule has 1 aliphatic rings. The molecule has 1 aliphatic carbocycles. The third-order valence-electron chi connectivity index (χ3n) is 2.60. The van der Waals surface area contributed by atoms with E-state index in [0.717, 1.165) is 19.3 Å². The molecule has 4 nitrogen and oxygen atoms in total. The number of nitrogens with two attached hydrogens (primary N) is 1. The van der Waals surface area contributed by atoms with E-state index >= 15 is 0 Å². The molecule has 0 aromatic rings. The topological polar surface area (TPSA) is 64.3 Å². The van der Waals surface area contributed by atoms with Crippen LogP contribution >= 0.6 is 12.4 Å². The van der Waals surface area contributed by atoms with E-state index in [2.05, 4.69) is 5.32 Å². The van der Waals surface area contributed by atoms with Crippen LogP contribution in [0.3, 0.4) is 0 Å². The summed E-state index contributed by atoms with van der Waals surface area (Å²) in [4.78, 5) is 11.4. The number of carbonyl (C=O) groups excluding carboxylic acids is 1. The summed E-state index contributed by atoms with van der Waals surface area (Å²) in [6.07, 6.45) is 2.79. The van der Waals surface area contributed by atoms with Crippen molar-refractivity contribution in [3.05, 3.63) is 0 Å². The van der Waals surface area contributed by atoms with Gasteiger partial charge in [-0.15, -0.1) is 12.4 Å². The first-order valence-electron chi connectivity index (χ1n) is 5.60. The summed E-state index contributed by atoms with van der Waals surface area (Å²) in [5.74, 6) is 0.560. The molecule has 0 radical (unpaired) electrons. The van der Waals surface area contributed by atoms with Crippen molar-refractivity contribution >= 4 is 18.5 Å². The van der Waals surface area contributed by atoms with Gasteiger partial charge < -0.3 is 15.8 Å². The van der Waals surface area contributed by atoms with Gasteiger partial charge in [-0.3, -0.25) is 0 Å². The van der Waals surface area contributed by atoms with E-state index in [0.29, 0.717) is 12.5 Å². The molecular weight excluding hydrogens is 228 g/mol. The first-order chi connectivity index (χ1) is 6.90. The smallest absolute Gasteiger partial charge is 0.407 e. The largest absolute Gasteiger partial charge is 0.444 e. The van der Waals surface area contributed by atoms with Gasteiger partial charge in [0.2, 0.25) is 0 Å². The average molecular weight is 251 g/mol. The molecule has 1 fully saturated rings. The molecule has 1 rings (SSSR count). The number of halogens is 1. The van der Waals surface area contributed by atoms with Crippen LogP contribution in [-0.4, -0.2) is 24.3 Å². The van der Waals surface area contributed by atoms with Crippen LogP contribution < -0.4 is 11.1 Å². The monoisotopic (exact) mass is 250 g/mol. The number of amides is 1. The Balaban J connectivity index is 0.00000225. The van der Waals surface area contributed by atoms with E-state index < -0.39 is 5.60 Å². The van der Waals surface area contributed by atoms with Crippen LogP contribution in [-0.2, 0) is 4.74 Å². The highest BCUT2D eigenvalue weighted by atomic mass is 35.5. The van der Waals surface area contributed by atoms with Crippen molar-refractivity contribution in [3.8, 4) is 0 Å². The zero-order chi connectivity index (χ0) is 11.5. The Morgan fingerprint density at radius 2 is 2.06 bits per heavy atom. The van der Waals surface area contributed by atoms with E-state index in [4.69, 9.17) is 10.5 Å². The first-order valence-corrected chi connectivity index (χ1v) is 5.60. The predicted molar refractivity (Wildman–Crippen MR) is 66.8 cm³/mol. The lowest BCUT2D eigenvalue weighted by Crippen LogP contribution is -2.38. The molecule has 0 spiro atoms. The Kier molecular flexibility index (Phi) is 6.11. The van der Waals surface area contributed by atoms with Gasteiger partial charge in [0.25, 0.3) is 0 Å². The van der Waals surface area contributed by atoms with Crippen LogP contribution in [0.15, 0.2) is 0 Å². The van der Waals surface area contributed by atoms with Gasteiger partial charge >= 0.3 is 6.09 Å². The fourth-order valence-electron chi connectivity index (χ4n) is 1.89. The quantitative estimate of drug-likeness (QED) is 0.789. The Bertz CT molecular complexity index is 229. The number of ether oxygens (including phenoxy) is 1. The molecular formula is C11H23ClN2O2. The molecule has 0 aromatic carbocycles. The second-order valence-corrected chi connectivity index (χ2v) is 5.26. The molecule has 0 bridgehead atoms. The van der Waals surface area contributed by atoms with Crippen LogP contribution in [0.5, 0.6) is 0 Å². The number of nitrogens with one attached hydrogen (secondary N) is 1. The fraction of sp³-hybridized carbons (Fsp3) is 0.909. The van der Waals surface area contributed by atoms with E-state index in [1.54, 1.807) is 0 Å². The van der Waals surface area contributed by atoms with Gasteiger partial charge in [0, 0.05) is 6.04 Å². The summed E-state index contributed by atoms with van der Waals surface area (Å²) in [7, 11) is 0. The van der Waals surface area contributed by atoms with E-state index in [1.807, 2.05) is 20.8 Å². The minimum Gasteiger partial charge on any atom is -0.444 e. The minimum absolute atomic E-state index is 0. The van der Waals surface area contributed by atoms with Crippen molar-refractivity contribution in [2.24, 2.45) is 11.7 Å². The van der Waals surface area contributed by atoms with Gasteiger partial charge in [-0.1, -0.05) is 0 Å². The Morgan fingerprint density at radius 1 is 1.44 bits per heavy atom. The highest BCUT2D eigenvalue weighted by Crippen LogP contribution is 2.24. The number of hydrogen-bond donors (Lipinski definition) is 2. The molecule has 0 aromatic heterocycles. The molecule has 0 saturated heterocycles. The van der Waals surface area contributed by atoms with Gasteiger partial charge in [-0.2, -0.15) is 0 Å². The molecule has 5 heteroatoms. The van der Waals surface area contributed by atoms with Crippen LogP contribution in [0.25, 0.3) is 0 Å². The Labute approximate surface area is 104 Å². The third kappa shape index (κ3) is 5.56. The van der Waals surface area contributed by atoms with Crippen molar-refractivity contribution in [1.29, 1.82) is 0 Å². The van der Waals surface area contributed by atoms with Crippen molar-refractivity contribution < 1.29 is 9.53 Å². The molecule has 0 heterocycles. The summed E-state index contributed by atoms with van der Waals surface area (Å²) in [6.45, 7) is 6.31. The normalized spacial score (nSPS) is 24.8. The molecule has 1 saturated carbocycles. The summed E-state index contributed by atoms with van der Waals surface area (Å²) in [5.41, 5.74) is 5.16. The third-order valence-corrected chi connectivity index (χ3v) is 2.60. The van der Waals surface area contributed by atoms with Crippen LogP contribution in [0.1, 0.15) is 40.0 Å². The van der Waals surface area contributed by atoms with E-state index in [9.17, 15) is 4.79 Å². The standard InChI is InChI=1S/C11H22N2O2.ClH/c1-11(2,3)15-10(14)13-9-5-4-8(6-9)7-12;/h8-9H,4-7,12H2,1-3H3,(H,13,14);1H/t8-,9+;/m0./s1. The Hall–Kier alpha value is -0.480. The predicted octanol–water partition coefficient (Wildman–Crippen LogP) is 2.06. The average Bonchev–Trinajstić information content (AvgIpc) is 2.48. The van der Waals surface area contributed by atoms with Crippen molar-refractivity contribution in [1.82, 2.24) is 5.32 Å².